The topological polar surface area (TPSA) is 135 Å². The standard InChI is InChI=1S/C20H22N2O7/c1-11(19(26)22-9-17(23)21-10-18(24)25)28-12-6-7-14-13-4-2-3-5-15(13)20(27)29-16(14)8-12/h6-8,11H,2-5,9-10H2,1H3,(H,21,23)(H,22,26)(H,24,25)/t11-/m1/s1. The monoisotopic (exact) mass is 402 g/mol. The lowest BCUT2D eigenvalue weighted by molar-refractivity contribution is -0.137. The third-order valence-corrected chi connectivity index (χ3v) is 4.74. The largest absolute Gasteiger partial charge is 0.481 e. The highest BCUT2D eigenvalue weighted by molar-refractivity contribution is 5.88. The molecule has 2 amide bonds. The molecule has 0 saturated heterocycles. The molecular weight excluding hydrogens is 380 g/mol. The lowest BCUT2D eigenvalue weighted by atomic mass is 9.91. The van der Waals surface area contributed by atoms with Crippen molar-refractivity contribution in [3.63, 3.8) is 0 Å². The summed E-state index contributed by atoms with van der Waals surface area (Å²) in [6.07, 6.45) is 2.65. The third kappa shape index (κ3) is 4.92. The maximum absolute atomic E-state index is 12.2. The van der Waals surface area contributed by atoms with Gasteiger partial charge in [-0.3, -0.25) is 14.4 Å². The summed E-state index contributed by atoms with van der Waals surface area (Å²) in [7, 11) is 0. The lowest BCUT2D eigenvalue weighted by Gasteiger charge is -2.17. The molecule has 0 spiro atoms. The Morgan fingerprint density at radius 2 is 1.86 bits per heavy atom. The lowest BCUT2D eigenvalue weighted by Crippen LogP contribution is -2.43. The highest BCUT2D eigenvalue weighted by atomic mass is 16.5. The number of carboxylic acid groups (broad SMARTS) is 1. The molecule has 0 aliphatic heterocycles. The first-order valence-electron chi connectivity index (χ1n) is 9.36. The number of amides is 2. The van der Waals surface area contributed by atoms with Gasteiger partial charge in [-0.2, -0.15) is 0 Å². The Morgan fingerprint density at radius 1 is 1.14 bits per heavy atom. The molecule has 29 heavy (non-hydrogen) atoms. The fourth-order valence-electron chi connectivity index (χ4n) is 3.30. The van der Waals surface area contributed by atoms with Gasteiger partial charge < -0.3 is 24.9 Å². The molecule has 1 aromatic heterocycles. The van der Waals surface area contributed by atoms with Gasteiger partial charge in [0.05, 0.1) is 6.54 Å². The van der Waals surface area contributed by atoms with Gasteiger partial charge in [-0.15, -0.1) is 0 Å². The van der Waals surface area contributed by atoms with E-state index in [1.165, 1.54) is 6.92 Å². The molecule has 0 unspecified atom stereocenters. The number of fused-ring (bicyclic) bond motifs is 3. The Morgan fingerprint density at radius 3 is 2.59 bits per heavy atom. The van der Waals surface area contributed by atoms with Crippen molar-refractivity contribution < 1.29 is 28.6 Å². The molecule has 9 nitrogen and oxygen atoms in total. The van der Waals surface area contributed by atoms with Gasteiger partial charge in [0, 0.05) is 17.0 Å². The van der Waals surface area contributed by atoms with Crippen molar-refractivity contribution in [3.8, 4) is 5.75 Å². The highest BCUT2D eigenvalue weighted by Gasteiger charge is 2.20. The normalized spacial score (nSPS) is 14.0. The van der Waals surface area contributed by atoms with Crippen LogP contribution in [0.5, 0.6) is 5.75 Å². The first-order valence-corrected chi connectivity index (χ1v) is 9.36. The van der Waals surface area contributed by atoms with Crippen molar-refractivity contribution in [2.24, 2.45) is 0 Å². The number of hydrogen-bond donors (Lipinski definition) is 3. The van der Waals surface area contributed by atoms with Crippen LogP contribution in [0.25, 0.3) is 11.0 Å². The van der Waals surface area contributed by atoms with E-state index in [0.717, 1.165) is 42.2 Å². The van der Waals surface area contributed by atoms with Gasteiger partial charge >= 0.3 is 11.6 Å². The summed E-state index contributed by atoms with van der Waals surface area (Å²) in [4.78, 5) is 46.2. The van der Waals surface area contributed by atoms with Crippen LogP contribution in [0.1, 0.15) is 30.9 Å². The van der Waals surface area contributed by atoms with Crippen molar-refractivity contribution in [1.29, 1.82) is 0 Å². The molecule has 0 saturated carbocycles. The van der Waals surface area contributed by atoms with Gasteiger partial charge in [0.15, 0.2) is 6.10 Å². The van der Waals surface area contributed by atoms with Gasteiger partial charge in [-0.25, -0.2) is 4.79 Å². The molecule has 0 radical (unpaired) electrons. The van der Waals surface area contributed by atoms with E-state index < -0.39 is 30.4 Å². The second-order valence-electron chi connectivity index (χ2n) is 6.86. The number of rotatable bonds is 7. The third-order valence-electron chi connectivity index (χ3n) is 4.74. The quantitative estimate of drug-likeness (QED) is 0.582. The van der Waals surface area contributed by atoms with Crippen LogP contribution in [0, 0.1) is 0 Å². The van der Waals surface area contributed by atoms with Crippen LogP contribution in [0.3, 0.4) is 0 Å². The summed E-state index contributed by atoms with van der Waals surface area (Å²) >= 11 is 0. The van der Waals surface area contributed by atoms with Crippen molar-refractivity contribution in [1.82, 2.24) is 10.6 Å². The Bertz CT molecular complexity index is 1010. The molecule has 9 heteroatoms. The van der Waals surface area contributed by atoms with E-state index in [4.69, 9.17) is 14.3 Å². The predicted octanol–water partition coefficient (Wildman–Crippen LogP) is 0.756. The minimum absolute atomic E-state index is 0.331. The van der Waals surface area contributed by atoms with Gasteiger partial charge in [-0.1, -0.05) is 0 Å². The van der Waals surface area contributed by atoms with Crippen LogP contribution >= 0.6 is 0 Å². The molecule has 1 atom stereocenters. The van der Waals surface area contributed by atoms with E-state index in [1.54, 1.807) is 12.1 Å². The van der Waals surface area contributed by atoms with Crippen molar-refractivity contribution in [2.45, 2.75) is 38.7 Å². The number of aryl methyl sites for hydroxylation is 1. The van der Waals surface area contributed by atoms with E-state index >= 15 is 0 Å². The van der Waals surface area contributed by atoms with E-state index in [-0.39, 0.29) is 12.2 Å². The average Bonchev–Trinajstić information content (AvgIpc) is 2.70. The molecule has 1 heterocycles. The smallest absolute Gasteiger partial charge is 0.339 e. The van der Waals surface area contributed by atoms with Gasteiger partial charge in [0.2, 0.25) is 5.91 Å². The van der Waals surface area contributed by atoms with Gasteiger partial charge in [0.25, 0.3) is 5.91 Å². The number of carbonyl (C=O) groups excluding carboxylic acids is 2. The summed E-state index contributed by atoms with van der Waals surface area (Å²) in [5, 5.41) is 13.9. The van der Waals surface area contributed by atoms with Gasteiger partial charge in [-0.05, 0) is 50.3 Å². The Kier molecular flexibility index (Phi) is 6.16. The van der Waals surface area contributed by atoms with Crippen LogP contribution in [-0.4, -0.2) is 42.1 Å². The van der Waals surface area contributed by atoms with Crippen molar-refractivity contribution >= 4 is 28.8 Å². The minimum Gasteiger partial charge on any atom is -0.481 e. The first kappa shape index (κ1) is 20.4. The van der Waals surface area contributed by atoms with E-state index in [0.29, 0.717) is 11.3 Å². The van der Waals surface area contributed by atoms with Crippen molar-refractivity contribution in [2.75, 3.05) is 13.1 Å². The maximum atomic E-state index is 12.2. The SMILES string of the molecule is C[C@@H](Oc1ccc2c3c(c(=O)oc2c1)CCCC3)C(=O)NCC(=O)NCC(=O)O. The zero-order chi connectivity index (χ0) is 21.0. The second-order valence-corrected chi connectivity index (χ2v) is 6.86. The average molecular weight is 402 g/mol. The van der Waals surface area contributed by atoms with E-state index in [1.807, 2.05) is 6.07 Å². The van der Waals surface area contributed by atoms with E-state index in [2.05, 4.69) is 10.6 Å². The van der Waals surface area contributed by atoms with Crippen LogP contribution in [0.15, 0.2) is 27.4 Å². The Labute approximate surface area is 166 Å². The molecule has 0 bridgehead atoms. The summed E-state index contributed by atoms with van der Waals surface area (Å²) in [5.41, 5.74) is 1.84. The minimum atomic E-state index is -1.18. The number of nitrogens with one attached hydrogen (secondary N) is 2. The molecule has 3 N–H and O–H groups in total. The number of carboxylic acids is 1. The number of carbonyl (C=O) groups is 3. The molecule has 3 rings (SSSR count). The first-order chi connectivity index (χ1) is 13.8. The summed E-state index contributed by atoms with van der Waals surface area (Å²) < 4.78 is 11.0. The van der Waals surface area contributed by atoms with Gasteiger partial charge in [0.1, 0.15) is 17.9 Å². The molecule has 1 aromatic carbocycles. The van der Waals surface area contributed by atoms with Crippen LogP contribution in [-0.2, 0) is 27.2 Å². The van der Waals surface area contributed by atoms with Crippen molar-refractivity contribution in [3.05, 3.63) is 39.7 Å². The maximum Gasteiger partial charge on any atom is 0.339 e. The van der Waals surface area contributed by atoms with E-state index in [9.17, 15) is 19.2 Å². The zero-order valence-corrected chi connectivity index (χ0v) is 15.9. The zero-order valence-electron chi connectivity index (χ0n) is 15.9. The predicted molar refractivity (Wildman–Crippen MR) is 103 cm³/mol. The molecule has 154 valence electrons. The molecule has 0 fully saturated rings. The fraction of sp³-hybridized carbons (Fsp3) is 0.400. The molecule has 1 aliphatic carbocycles. The fourth-order valence-corrected chi connectivity index (χ4v) is 3.30. The summed E-state index contributed by atoms with van der Waals surface area (Å²) in [5.74, 6) is -1.98. The number of ether oxygens (including phenoxy) is 1. The number of hydrogen-bond acceptors (Lipinski definition) is 6. The molecule has 2 aromatic rings. The summed E-state index contributed by atoms with van der Waals surface area (Å²) in [6, 6.07) is 5.11. The number of benzene rings is 1. The van der Waals surface area contributed by atoms with Crippen LogP contribution in [0.2, 0.25) is 0 Å². The second kappa shape index (κ2) is 8.76. The Hall–Kier alpha value is -3.36. The number of aliphatic carboxylic acids is 1. The van der Waals surface area contributed by atoms with Crippen LogP contribution < -0.4 is 21.0 Å². The summed E-state index contributed by atoms with van der Waals surface area (Å²) in [6.45, 7) is 0.628. The molecule has 1 aliphatic rings. The molecular formula is C20H22N2O7. The Balaban J connectivity index is 1.65. The van der Waals surface area contributed by atoms with Crippen LogP contribution in [0.4, 0.5) is 0 Å². The highest BCUT2D eigenvalue weighted by Crippen LogP contribution is 2.29.